The Labute approximate surface area is 365 Å². The number of amides is 2. The molecule has 2 amide bonds. The number of Topliss-reactive ketones (excluding diaryl/α,β-unsaturated/α-hetero) is 3. The minimum atomic E-state index is -0.582. The van der Waals surface area contributed by atoms with Crippen molar-refractivity contribution >= 4 is 40.5 Å². The maximum atomic E-state index is 14.4. The van der Waals surface area contributed by atoms with E-state index in [4.69, 9.17) is 14.5 Å². The molecule has 60 heavy (non-hydrogen) atoms. The van der Waals surface area contributed by atoms with E-state index in [0.717, 1.165) is 42.7 Å². The van der Waals surface area contributed by atoms with Crippen LogP contribution in [0.1, 0.15) is 153 Å². The zero-order valence-corrected chi connectivity index (χ0v) is 39.7. The second-order valence-corrected chi connectivity index (χ2v) is 19.0. The summed E-state index contributed by atoms with van der Waals surface area (Å²) < 4.78 is 12.2. The summed E-state index contributed by atoms with van der Waals surface area (Å²) in [6, 6.07) is 9.35. The molecule has 3 rings (SSSR count). The van der Waals surface area contributed by atoms with Crippen molar-refractivity contribution in [2.24, 2.45) is 35.5 Å². The number of benzene rings is 1. The van der Waals surface area contributed by atoms with E-state index in [1.807, 2.05) is 70.0 Å². The molecule has 1 aromatic carbocycles. The summed E-state index contributed by atoms with van der Waals surface area (Å²) in [4.78, 5) is 77.6. The molecule has 11 heteroatoms. The Balaban J connectivity index is 1.81. The molecule has 1 aliphatic rings. The Hall–Kier alpha value is -3.28. The van der Waals surface area contributed by atoms with Crippen LogP contribution in [0.5, 0.6) is 0 Å². The SMILES string of the molecule is CCCCCC(=O)c1csc(C(CC(=O)C(C)C(OC)C2CCCN2C(=O)CC(OC)C(C(C)CC)N(C)C(=O)C(CC(=O)C(C)C(C)C)C(C)C)Cc2ccccc2)n1. The summed E-state index contributed by atoms with van der Waals surface area (Å²) in [5.74, 6) is -1.19. The van der Waals surface area contributed by atoms with Gasteiger partial charge in [0.1, 0.15) is 17.3 Å². The highest BCUT2D eigenvalue weighted by atomic mass is 32.1. The smallest absolute Gasteiger partial charge is 0.226 e. The Morgan fingerprint density at radius 1 is 0.867 bits per heavy atom. The molecule has 0 saturated carbocycles. The quantitative estimate of drug-likeness (QED) is 0.0644. The number of unbranched alkanes of at least 4 members (excludes halogenated alkanes) is 2. The molecule has 0 aliphatic carbocycles. The molecule has 9 atom stereocenters. The number of carbonyl (C=O) groups is 5. The van der Waals surface area contributed by atoms with Crippen LogP contribution >= 0.6 is 11.3 Å². The average molecular weight is 852 g/mol. The van der Waals surface area contributed by atoms with Gasteiger partial charge in [-0.3, -0.25) is 24.0 Å². The number of aromatic nitrogens is 1. The molecule has 10 nitrogen and oxygen atoms in total. The monoisotopic (exact) mass is 852 g/mol. The molecular weight excluding hydrogens is 775 g/mol. The second-order valence-electron chi connectivity index (χ2n) is 18.2. The van der Waals surface area contributed by atoms with Crippen LogP contribution in [0.25, 0.3) is 0 Å². The van der Waals surface area contributed by atoms with E-state index >= 15 is 0 Å². The van der Waals surface area contributed by atoms with Gasteiger partial charge in [0, 0.05) is 76.1 Å². The van der Waals surface area contributed by atoms with Crippen molar-refractivity contribution < 1.29 is 33.4 Å². The van der Waals surface area contributed by atoms with Crippen LogP contribution in [0.2, 0.25) is 0 Å². The van der Waals surface area contributed by atoms with Gasteiger partial charge in [-0.1, -0.05) is 112 Å². The van der Waals surface area contributed by atoms with Crippen LogP contribution in [0.15, 0.2) is 35.7 Å². The number of nitrogens with zero attached hydrogens (tertiary/aromatic N) is 3. The third-order valence-corrected chi connectivity index (χ3v) is 14.3. The molecule has 9 unspecified atom stereocenters. The third-order valence-electron chi connectivity index (χ3n) is 13.3. The molecule has 0 N–H and O–H groups in total. The lowest BCUT2D eigenvalue weighted by Crippen LogP contribution is -2.54. The van der Waals surface area contributed by atoms with E-state index in [-0.39, 0.29) is 84.1 Å². The van der Waals surface area contributed by atoms with Crippen LogP contribution < -0.4 is 0 Å². The molecule has 0 radical (unpaired) electrons. The predicted molar refractivity (Wildman–Crippen MR) is 241 cm³/mol. The number of thiazole rings is 1. The first-order chi connectivity index (χ1) is 28.5. The third kappa shape index (κ3) is 13.9. The number of ketones is 3. The summed E-state index contributed by atoms with van der Waals surface area (Å²) in [5, 5.41) is 2.62. The summed E-state index contributed by atoms with van der Waals surface area (Å²) in [7, 11) is 5.00. The molecule has 1 aliphatic heterocycles. The maximum Gasteiger partial charge on any atom is 0.226 e. The standard InChI is InChI=1S/C49H77N3O7S/c1-13-15-17-24-41(53)39-30-60-48(50-39)37(26-36-21-18-16-19-22-36)27-42(54)35(9)47(59-12)40-23-20-25-52(40)45(56)29-44(58-11)46(33(7)14-2)51(10)49(57)38(32(5)6)28-43(55)34(8)31(3)4/h16,18-19,21-22,30-35,37-38,40,44,46-47H,13-15,17,20,23-29H2,1-12H3. The summed E-state index contributed by atoms with van der Waals surface area (Å²) in [6.45, 7) is 18.7. The molecule has 2 heterocycles. The van der Waals surface area contributed by atoms with E-state index in [1.54, 1.807) is 26.2 Å². The molecule has 1 fully saturated rings. The highest BCUT2D eigenvalue weighted by molar-refractivity contribution is 7.10. The summed E-state index contributed by atoms with van der Waals surface area (Å²) >= 11 is 1.45. The number of likely N-dealkylation sites (N-methyl/N-ethyl adjacent to an activating group) is 1. The fourth-order valence-corrected chi connectivity index (χ4v) is 9.75. The largest absolute Gasteiger partial charge is 0.379 e. The van der Waals surface area contributed by atoms with Crippen molar-refractivity contribution in [1.29, 1.82) is 0 Å². The van der Waals surface area contributed by atoms with Gasteiger partial charge >= 0.3 is 0 Å². The van der Waals surface area contributed by atoms with Gasteiger partial charge in [-0.15, -0.1) is 11.3 Å². The van der Waals surface area contributed by atoms with Gasteiger partial charge in [-0.25, -0.2) is 4.98 Å². The number of rotatable bonds is 27. The Morgan fingerprint density at radius 3 is 2.12 bits per heavy atom. The first-order valence-electron chi connectivity index (χ1n) is 22.7. The van der Waals surface area contributed by atoms with Crippen molar-refractivity contribution in [3.63, 3.8) is 0 Å². The fraction of sp³-hybridized carbons (Fsp3) is 0.714. The van der Waals surface area contributed by atoms with Gasteiger partial charge in [0.05, 0.1) is 35.7 Å². The minimum absolute atomic E-state index is 0.0190. The van der Waals surface area contributed by atoms with E-state index in [1.165, 1.54) is 11.3 Å². The Kier molecular flexibility index (Phi) is 21.3. The van der Waals surface area contributed by atoms with Crippen LogP contribution in [0.3, 0.4) is 0 Å². The normalized spacial score (nSPS) is 18.4. The Bertz CT molecular complexity index is 1660. The maximum absolute atomic E-state index is 14.4. The van der Waals surface area contributed by atoms with Crippen LogP contribution in [0.4, 0.5) is 0 Å². The summed E-state index contributed by atoms with van der Waals surface area (Å²) in [5.41, 5.74) is 1.57. The van der Waals surface area contributed by atoms with Crippen LogP contribution in [0, 0.1) is 35.5 Å². The van der Waals surface area contributed by atoms with Crippen LogP contribution in [-0.4, -0.2) is 96.1 Å². The number of likely N-dealkylation sites (tertiary alicyclic amines) is 1. The van der Waals surface area contributed by atoms with E-state index in [2.05, 4.69) is 32.9 Å². The molecule has 0 spiro atoms. The van der Waals surface area contributed by atoms with Gasteiger partial charge in [0.15, 0.2) is 5.78 Å². The van der Waals surface area contributed by atoms with Crippen molar-refractivity contribution in [3.8, 4) is 0 Å². The van der Waals surface area contributed by atoms with E-state index in [9.17, 15) is 24.0 Å². The molecular formula is C49H77N3O7S. The molecule has 1 aromatic heterocycles. The zero-order chi connectivity index (χ0) is 44.7. The van der Waals surface area contributed by atoms with Crippen molar-refractivity contribution in [1.82, 2.24) is 14.8 Å². The highest BCUT2D eigenvalue weighted by Crippen LogP contribution is 2.34. The predicted octanol–water partition coefficient (Wildman–Crippen LogP) is 9.64. The number of methoxy groups -OCH3 is 2. The number of ether oxygens (including phenoxy) is 2. The second kappa shape index (κ2) is 25.0. The van der Waals surface area contributed by atoms with Gasteiger partial charge in [0.25, 0.3) is 0 Å². The van der Waals surface area contributed by atoms with Crippen molar-refractivity contribution in [2.45, 2.75) is 163 Å². The first-order valence-corrected chi connectivity index (χ1v) is 23.6. The summed E-state index contributed by atoms with van der Waals surface area (Å²) in [6.07, 6.45) is 5.60. The molecule has 336 valence electrons. The lowest BCUT2D eigenvalue weighted by molar-refractivity contribution is -0.149. The Morgan fingerprint density at radius 2 is 1.53 bits per heavy atom. The fourth-order valence-electron chi connectivity index (χ4n) is 8.83. The van der Waals surface area contributed by atoms with Crippen molar-refractivity contribution in [3.05, 3.63) is 52.0 Å². The van der Waals surface area contributed by atoms with Gasteiger partial charge in [0.2, 0.25) is 11.8 Å². The van der Waals surface area contributed by atoms with Gasteiger partial charge in [-0.05, 0) is 49.0 Å². The van der Waals surface area contributed by atoms with Crippen LogP contribution in [-0.2, 0) is 35.1 Å². The average Bonchev–Trinajstić information content (AvgIpc) is 3.93. The van der Waals surface area contributed by atoms with E-state index in [0.29, 0.717) is 31.5 Å². The highest BCUT2D eigenvalue weighted by Gasteiger charge is 2.43. The number of hydrogen-bond acceptors (Lipinski definition) is 9. The topological polar surface area (TPSA) is 123 Å². The molecule has 0 bridgehead atoms. The minimum Gasteiger partial charge on any atom is -0.379 e. The van der Waals surface area contributed by atoms with Crippen molar-refractivity contribution in [2.75, 3.05) is 27.8 Å². The van der Waals surface area contributed by atoms with E-state index < -0.39 is 30.1 Å². The first kappa shape index (κ1) is 51.1. The zero-order valence-electron chi connectivity index (χ0n) is 38.9. The number of hydrogen-bond donors (Lipinski definition) is 0. The lowest BCUT2D eigenvalue weighted by Gasteiger charge is -2.41. The molecule has 1 saturated heterocycles. The number of carbonyl (C=O) groups excluding carboxylic acids is 5. The lowest BCUT2D eigenvalue weighted by atomic mass is 9.82. The molecule has 2 aromatic rings. The van der Waals surface area contributed by atoms with Gasteiger partial charge in [-0.2, -0.15) is 0 Å². The van der Waals surface area contributed by atoms with Gasteiger partial charge < -0.3 is 19.3 Å².